The van der Waals surface area contributed by atoms with Gasteiger partial charge in [-0.2, -0.15) is 0 Å². The second kappa shape index (κ2) is 8.95. The second-order valence-electron chi connectivity index (χ2n) is 8.57. The van der Waals surface area contributed by atoms with Crippen LogP contribution < -0.4 is 0 Å². The summed E-state index contributed by atoms with van der Waals surface area (Å²) in [6.45, 7) is 0. The van der Waals surface area contributed by atoms with Crippen molar-refractivity contribution >= 4 is 11.9 Å². The summed E-state index contributed by atoms with van der Waals surface area (Å²) in [5.41, 5.74) is 2.01. The van der Waals surface area contributed by atoms with E-state index in [-0.39, 0.29) is 29.7 Å². The first-order valence-corrected chi connectivity index (χ1v) is 11.1. The number of pyridine rings is 1. The van der Waals surface area contributed by atoms with Gasteiger partial charge in [-0.1, -0.05) is 42.5 Å². The topological polar surface area (TPSA) is 65.5 Å². The Morgan fingerprint density at radius 1 is 0.719 bits per heavy atom. The molecule has 3 aliphatic carbocycles. The number of benzene rings is 2. The van der Waals surface area contributed by atoms with E-state index in [1.165, 1.54) is 0 Å². The minimum absolute atomic E-state index is 0.0520. The molecule has 0 saturated heterocycles. The zero-order chi connectivity index (χ0) is 21.9. The highest BCUT2D eigenvalue weighted by Crippen LogP contribution is 2.51. The van der Waals surface area contributed by atoms with Crippen LogP contribution in [0.25, 0.3) is 0 Å². The van der Waals surface area contributed by atoms with E-state index in [2.05, 4.69) is 4.98 Å². The van der Waals surface area contributed by atoms with Gasteiger partial charge in [0.25, 0.3) is 0 Å². The van der Waals surface area contributed by atoms with Crippen LogP contribution in [0.3, 0.4) is 0 Å². The Bertz CT molecular complexity index is 1070. The minimum atomic E-state index is -0.505. The summed E-state index contributed by atoms with van der Waals surface area (Å²) in [6.07, 6.45) is 3.56. The second-order valence-corrected chi connectivity index (χ2v) is 8.57. The molecule has 2 aromatic carbocycles. The van der Waals surface area contributed by atoms with Crippen molar-refractivity contribution in [3.8, 4) is 0 Å². The molecule has 0 aliphatic heterocycles. The standard InChI is InChI=1S/C27H25NO4/c29-26(18-9-3-1-4-10-18)31-24-20-14-15-21(22(17-20)23-13-7-8-16-28-23)25(24)32-27(30)19-11-5-2-6-12-19/h1-13,16,20-22,24-25H,14-15,17H2. The van der Waals surface area contributed by atoms with Crippen LogP contribution >= 0.6 is 0 Å². The Balaban J connectivity index is 1.43. The predicted molar refractivity (Wildman–Crippen MR) is 119 cm³/mol. The van der Waals surface area contributed by atoms with Crippen molar-refractivity contribution in [1.82, 2.24) is 4.98 Å². The molecule has 0 amide bonds. The number of nitrogens with zero attached hydrogens (tertiary/aromatic N) is 1. The average Bonchev–Trinajstić information content (AvgIpc) is 2.87. The summed E-state index contributed by atoms with van der Waals surface area (Å²) in [4.78, 5) is 30.4. The number of hydrogen-bond acceptors (Lipinski definition) is 5. The molecule has 3 saturated carbocycles. The Hall–Kier alpha value is -3.47. The third-order valence-electron chi connectivity index (χ3n) is 6.73. The van der Waals surface area contributed by atoms with E-state index in [0.29, 0.717) is 11.1 Å². The van der Waals surface area contributed by atoms with E-state index in [1.54, 1.807) is 30.5 Å². The highest BCUT2D eigenvalue weighted by Gasteiger charge is 2.53. The number of esters is 2. The van der Waals surface area contributed by atoms with Gasteiger partial charge in [-0.15, -0.1) is 0 Å². The summed E-state index contributed by atoms with van der Waals surface area (Å²) >= 11 is 0. The Morgan fingerprint density at radius 2 is 1.31 bits per heavy atom. The van der Waals surface area contributed by atoms with E-state index < -0.39 is 12.2 Å². The third kappa shape index (κ3) is 4.03. The minimum Gasteiger partial charge on any atom is -0.455 e. The number of aromatic nitrogens is 1. The van der Waals surface area contributed by atoms with Crippen molar-refractivity contribution in [3.05, 3.63) is 102 Å². The van der Waals surface area contributed by atoms with Crippen LogP contribution in [0.5, 0.6) is 0 Å². The first-order chi connectivity index (χ1) is 15.7. The van der Waals surface area contributed by atoms with Gasteiger partial charge in [-0.05, 0) is 55.7 Å². The maximum Gasteiger partial charge on any atom is 0.338 e. The van der Waals surface area contributed by atoms with Gasteiger partial charge in [0, 0.05) is 29.6 Å². The molecular formula is C27H25NO4. The van der Waals surface area contributed by atoms with Crippen molar-refractivity contribution in [2.45, 2.75) is 37.4 Å². The summed E-state index contributed by atoms with van der Waals surface area (Å²) in [7, 11) is 0. The molecule has 3 fully saturated rings. The molecule has 3 aliphatic rings. The van der Waals surface area contributed by atoms with Crippen molar-refractivity contribution < 1.29 is 19.1 Å². The van der Waals surface area contributed by atoms with E-state index in [4.69, 9.17) is 9.47 Å². The average molecular weight is 428 g/mol. The zero-order valence-corrected chi connectivity index (χ0v) is 17.7. The fraction of sp³-hybridized carbons (Fsp3) is 0.296. The molecule has 0 radical (unpaired) electrons. The molecule has 0 N–H and O–H groups in total. The molecule has 2 bridgehead atoms. The maximum absolute atomic E-state index is 13.0. The monoisotopic (exact) mass is 427 g/mol. The van der Waals surface area contributed by atoms with Crippen LogP contribution in [-0.2, 0) is 9.47 Å². The Kier molecular flexibility index (Phi) is 5.71. The molecule has 5 heteroatoms. The molecule has 162 valence electrons. The lowest BCUT2D eigenvalue weighted by Crippen LogP contribution is -2.54. The lowest BCUT2D eigenvalue weighted by molar-refractivity contribution is -0.129. The van der Waals surface area contributed by atoms with Crippen molar-refractivity contribution in [3.63, 3.8) is 0 Å². The van der Waals surface area contributed by atoms with Crippen molar-refractivity contribution in [2.75, 3.05) is 0 Å². The summed E-state index contributed by atoms with van der Waals surface area (Å²) < 4.78 is 12.1. The fourth-order valence-electron chi connectivity index (χ4n) is 5.21. The van der Waals surface area contributed by atoms with Crippen molar-refractivity contribution in [1.29, 1.82) is 0 Å². The third-order valence-corrected chi connectivity index (χ3v) is 6.73. The Labute approximate surface area is 187 Å². The first-order valence-electron chi connectivity index (χ1n) is 11.1. The summed E-state index contributed by atoms with van der Waals surface area (Å²) in [6, 6.07) is 23.9. The van der Waals surface area contributed by atoms with Gasteiger partial charge in [0.05, 0.1) is 11.1 Å². The molecule has 0 spiro atoms. The molecule has 3 aromatic rings. The van der Waals surface area contributed by atoms with Crippen LogP contribution in [0.1, 0.15) is 51.6 Å². The fourth-order valence-corrected chi connectivity index (χ4v) is 5.21. The largest absolute Gasteiger partial charge is 0.455 e. The van der Waals surface area contributed by atoms with Gasteiger partial charge in [0.2, 0.25) is 0 Å². The highest BCUT2D eigenvalue weighted by atomic mass is 16.6. The van der Waals surface area contributed by atoms with Crippen molar-refractivity contribution in [2.24, 2.45) is 11.8 Å². The lowest BCUT2D eigenvalue weighted by Gasteiger charge is -2.50. The summed E-state index contributed by atoms with van der Waals surface area (Å²) in [5.74, 6) is -0.415. The number of carbonyl (C=O) groups excluding carboxylic acids is 2. The van der Waals surface area contributed by atoms with Crippen LogP contribution in [-0.4, -0.2) is 29.1 Å². The highest BCUT2D eigenvalue weighted by molar-refractivity contribution is 5.90. The van der Waals surface area contributed by atoms with Gasteiger partial charge in [0.15, 0.2) is 0 Å². The molecule has 5 nitrogen and oxygen atoms in total. The maximum atomic E-state index is 13.0. The molecule has 5 atom stereocenters. The van der Waals surface area contributed by atoms with E-state index in [0.717, 1.165) is 25.0 Å². The normalized spacial score (nSPS) is 26.3. The lowest BCUT2D eigenvalue weighted by atomic mass is 9.60. The summed E-state index contributed by atoms with van der Waals surface area (Å²) in [5, 5.41) is 0. The predicted octanol–water partition coefficient (Wildman–Crippen LogP) is 5.05. The van der Waals surface area contributed by atoms with Gasteiger partial charge in [-0.25, -0.2) is 9.59 Å². The van der Waals surface area contributed by atoms with Crippen LogP contribution in [0.2, 0.25) is 0 Å². The number of rotatable bonds is 5. The molecular weight excluding hydrogens is 402 g/mol. The number of hydrogen-bond donors (Lipinski definition) is 0. The smallest absolute Gasteiger partial charge is 0.338 e. The van der Waals surface area contributed by atoms with E-state index in [9.17, 15) is 9.59 Å². The van der Waals surface area contributed by atoms with Crippen LogP contribution in [0.4, 0.5) is 0 Å². The first kappa shape index (κ1) is 20.4. The zero-order valence-electron chi connectivity index (χ0n) is 17.7. The quantitative estimate of drug-likeness (QED) is 0.534. The molecule has 1 heterocycles. The number of ether oxygens (including phenoxy) is 2. The van der Waals surface area contributed by atoms with Gasteiger partial charge in [-0.3, -0.25) is 4.98 Å². The van der Waals surface area contributed by atoms with Gasteiger partial charge >= 0.3 is 11.9 Å². The van der Waals surface area contributed by atoms with Gasteiger partial charge < -0.3 is 9.47 Å². The molecule has 6 rings (SSSR count). The van der Waals surface area contributed by atoms with Crippen LogP contribution in [0, 0.1) is 11.8 Å². The van der Waals surface area contributed by atoms with Gasteiger partial charge in [0.1, 0.15) is 12.2 Å². The number of carbonyl (C=O) groups is 2. The van der Waals surface area contributed by atoms with E-state index >= 15 is 0 Å². The van der Waals surface area contributed by atoms with Crippen LogP contribution in [0.15, 0.2) is 85.1 Å². The SMILES string of the molecule is O=C(OC1C2CCC(C(c3ccccn3)C2)C1OC(=O)c1ccccc1)c1ccccc1. The van der Waals surface area contributed by atoms with E-state index in [1.807, 2.05) is 54.6 Å². The Morgan fingerprint density at radius 3 is 1.91 bits per heavy atom. The molecule has 5 unspecified atom stereocenters. The number of fused-ring (bicyclic) bond motifs is 3. The molecule has 32 heavy (non-hydrogen) atoms. The molecule has 1 aromatic heterocycles.